The number of fused-ring (bicyclic) bond motifs is 1. The van der Waals surface area contributed by atoms with Gasteiger partial charge in [0.15, 0.2) is 5.76 Å². The monoisotopic (exact) mass is 269 g/mol. The highest BCUT2D eigenvalue weighted by Crippen LogP contribution is 2.16. The van der Waals surface area contributed by atoms with Gasteiger partial charge < -0.3 is 14.4 Å². The fourth-order valence-corrected chi connectivity index (χ4v) is 2.20. The summed E-state index contributed by atoms with van der Waals surface area (Å²) < 4.78 is 5.13. The Hall–Kier alpha value is -2.56. The SMILES string of the molecule is Cc1cc(CN(C)C(=O)c2ccc3cc[nH]c3c2)on1. The van der Waals surface area contributed by atoms with Crippen LogP contribution in [0.4, 0.5) is 0 Å². The van der Waals surface area contributed by atoms with Gasteiger partial charge in [0.1, 0.15) is 0 Å². The van der Waals surface area contributed by atoms with Gasteiger partial charge in [-0.15, -0.1) is 0 Å². The zero-order chi connectivity index (χ0) is 14.1. The number of H-pyrrole nitrogens is 1. The van der Waals surface area contributed by atoms with E-state index in [4.69, 9.17) is 4.52 Å². The Labute approximate surface area is 116 Å². The summed E-state index contributed by atoms with van der Waals surface area (Å²) >= 11 is 0. The van der Waals surface area contributed by atoms with Gasteiger partial charge in [0.25, 0.3) is 5.91 Å². The molecule has 0 aliphatic rings. The second kappa shape index (κ2) is 4.85. The Morgan fingerprint density at radius 1 is 1.35 bits per heavy atom. The first-order valence-electron chi connectivity index (χ1n) is 6.38. The van der Waals surface area contributed by atoms with Crippen molar-refractivity contribution < 1.29 is 9.32 Å². The first-order valence-corrected chi connectivity index (χ1v) is 6.38. The number of hydrogen-bond donors (Lipinski definition) is 1. The van der Waals surface area contributed by atoms with E-state index in [1.54, 1.807) is 11.9 Å². The van der Waals surface area contributed by atoms with Crippen LogP contribution >= 0.6 is 0 Å². The molecule has 2 heterocycles. The summed E-state index contributed by atoms with van der Waals surface area (Å²) in [6.07, 6.45) is 1.86. The fraction of sp³-hybridized carbons (Fsp3) is 0.200. The molecule has 0 aliphatic heterocycles. The van der Waals surface area contributed by atoms with Crippen LogP contribution in [-0.4, -0.2) is 28.0 Å². The summed E-state index contributed by atoms with van der Waals surface area (Å²) in [6, 6.07) is 9.44. The maximum atomic E-state index is 12.4. The minimum atomic E-state index is -0.0458. The Morgan fingerprint density at radius 3 is 2.95 bits per heavy atom. The van der Waals surface area contributed by atoms with Crippen molar-refractivity contribution in [1.82, 2.24) is 15.0 Å². The van der Waals surface area contributed by atoms with Gasteiger partial charge in [-0.2, -0.15) is 0 Å². The second-order valence-electron chi connectivity index (χ2n) is 4.88. The molecule has 5 nitrogen and oxygen atoms in total. The van der Waals surface area contributed by atoms with Crippen LogP contribution in [0.25, 0.3) is 10.9 Å². The number of aromatic nitrogens is 2. The lowest BCUT2D eigenvalue weighted by molar-refractivity contribution is 0.0772. The standard InChI is InChI=1S/C15H15N3O2/c1-10-7-13(20-17-10)9-18(2)15(19)12-4-3-11-5-6-16-14(11)8-12/h3-8,16H,9H2,1-2H3. The molecular formula is C15H15N3O2. The van der Waals surface area contributed by atoms with Crippen LogP contribution in [-0.2, 0) is 6.54 Å². The molecule has 0 radical (unpaired) electrons. The molecule has 5 heteroatoms. The number of aromatic amines is 1. The van der Waals surface area contributed by atoms with E-state index in [0.717, 1.165) is 16.6 Å². The van der Waals surface area contributed by atoms with Crippen molar-refractivity contribution in [2.75, 3.05) is 7.05 Å². The van der Waals surface area contributed by atoms with Gasteiger partial charge in [-0.1, -0.05) is 11.2 Å². The third-order valence-electron chi connectivity index (χ3n) is 3.22. The molecule has 1 amide bonds. The Kier molecular flexibility index (Phi) is 3.02. The Bertz CT molecular complexity index is 757. The summed E-state index contributed by atoms with van der Waals surface area (Å²) in [6.45, 7) is 2.26. The molecule has 0 fully saturated rings. The minimum Gasteiger partial charge on any atom is -0.361 e. The van der Waals surface area contributed by atoms with Gasteiger partial charge in [-0.3, -0.25) is 4.79 Å². The molecule has 0 saturated heterocycles. The number of hydrogen-bond acceptors (Lipinski definition) is 3. The Balaban J connectivity index is 1.80. The molecule has 0 atom stereocenters. The molecule has 1 aromatic carbocycles. The van der Waals surface area contributed by atoms with Gasteiger partial charge in [0, 0.05) is 30.4 Å². The predicted molar refractivity (Wildman–Crippen MR) is 75.3 cm³/mol. The highest BCUT2D eigenvalue weighted by molar-refractivity contribution is 5.97. The number of carbonyl (C=O) groups is 1. The summed E-state index contributed by atoms with van der Waals surface area (Å²) in [4.78, 5) is 17.1. The average Bonchev–Trinajstić information content (AvgIpc) is 3.05. The molecule has 3 aromatic rings. The Morgan fingerprint density at radius 2 is 2.20 bits per heavy atom. The number of amides is 1. The summed E-state index contributed by atoms with van der Waals surface area (Å²) in [5.74, 6) is 0.634. The topological polar surface area (TPSA) is 62.1 Å². The zero-order valence-corrected chi connectivity index (χ0v) is 11.4. The van der Waals surface area contributed by atoms with Gasteiger partial charge in [-0.05, 0) is 30.5 Å². The number of carbonyl (C=O) groups excluding carboxylic acids is 1. The third-order valence-corrected chi connectivity index (χ3v) is 3.22. The first-order chi connectivity index (χ1) is 9.63. The van der Waals surface area contributed by atoms with Crippen molar-refractivity contribution in [2.45, 2.75) is 13.5 Å². The van der Waals surface area contributed by atoms with Crippen molar-refractivity contribution in [2.24, 2.45) is 0 Å². The van der Waals surface area contributed by atoms with Crippen LogP contribution < -0.4 is 0 Å². The van der Waals surface area contributed by atoms with E-state index in [1.165, 1.54) is 0 Å². The van der Waals surface area contributed by atoms with Crippen LogP contribution in [0, 0.1) is 6.92 Å². The van der Waals surface area contributed by atoms with E-state index in [-0.39, 0.29) is 5.91 Å². The van der Waals surface area contributed by atoms with Gasteiger partial charge in [-0.25, -0.2) is 0 Å². The summed E-state index contributed by atoms with van der Waals surface area (Å²) in [5.41, 5.74) is 2.42. The van der Waals surface area contributed by atoms with E-state index < -0.39 is 0 Å². The number of nitrogens with zero attached hydrogens (tertiary/aromatic N) is 2. The van der Waals surface area contributed by atoms with Crippen molar-refractivity contribution in [3.63, 3.8) is 0 Å². The largest absolute Gasteiger partial charge is 0.361 e. The van der Waals surface area contributed by atoms with Crippen molar-refractivity contribution in [1.29, 1.82) is 0 Å². The highest BCUT2D eigenvalue weighted by Gasteiger charge is 2.14. The van der Waals surface area contributed by atoms with Gasteiger partial charge in [0.2, 0.25) is 0 Å². The van der Waals surface area contributed by atoms with E-state index in [0.29, 0.717) is 17.9 Å². The maximum absolute atomic E-state index is 12.4. The lowest BCUT2D eigenvalue weighted by Gasteiger charge is -2.15. The number of aryl methyl sites for hydroxylation is 1. The molecule has 1 N–H and O–H groups in total. The molecule has 0 saturated carbocycles. The molecule has 3 rings (SSSR count). The number of benzene rings is 1. The summed E-state index contributed by atoms with van der Waals surface area (Å²) in [7, 11) is 1.75. The molecule has 0 aliphatic carbocycles. The smallest absolute Gasteiger partial charge is 0.254 e. The molecular weight excluding hydrogens is 254 g/mol. The molecule has 0 spiro atoms. The normalized spacial score (nSPS) is 10.9. The number of nitrogens with one attached hydrogen (secondary N) is 1. The lowest BCUT2D eigenvalue weighted by atomic mass is 10.1. The van der Waals surface area contributed by atoms with Gasteiger partial charge >= 0.3 is 0 Å². The predicted octanol–water partition coefficient (Wildman–Crippen LogP) is 2.74. The van der Waals surface area contributed by atoms with E-state index in [1.807, 2.05) is 43.5 Å². The van der Waals surface area contributed by atoms with Crippen LogP contribution in [0.15, 0.2) is 41.1 Å². The first kappa shape index (κ1) is 12.5. The van der Waals surface area contributed by atoms with E-state index in [9.17, 15) is 4.79 Å². The number of rotatable bonds is 3. The van der Waals surface area contributed by atoms with E-state index in [2.05, 4.69) is 10.1 Å². The van der Waals surface area contributed by atoms with Crippen LogP contribution in [0.3, 0.4) is 0 Å². The third kappa shape index (κ3) is 2.30. The summed E-state index contributed by atoms with van der Waals surface area (Å²) in [5, 5.41) is 4.91. The van der Waals surface area contributed by atoms with Crippen molar-refractivity contribution in [3.05, 3.63) is 53.5 Å². The maximum Gasteiger partial charge on any atom is 0.254 e. The molecule has 20 heavy (non-hydrogen) atoms. The zero-order valence-electron chi connectivity index (χ0n) is 11.4. The molecule has 102 valence electrons. The van der Waals surface area contributed by atoms with Crippen LogP contribution in [0.5, 0.6) is 0 Å². The molecule has 2 aromatic heterocycles. The molecule has 0 unspecified atom stereocenters. The van der Waals surface area contributed by atoms with E-state index >= 15 is 0 Å². The lowest BCUT2D eigenvalue weighted by Crippen LogP contribution is -2.25. The van der Waals surface area contributed by atoms with Crippen molar-refractivity contribution >= 4 is 16.8 Å². The second-order valence-corrected chi connectivity index (χ2v) is 4.88. The minimum absolute atomic E-state index is 0.0458. The van der Waals surface area contributed by atoms with Crippen molar-refractivity contribution in [3.8, 4) is 0 Å². The highest BCUT2D eigenvalue weighted by atomic mass is 16.5. The van der Waals surface area contributed by atoms with Crippen LogP contribution in [0.1, 0.15) is 21.8 Å². The van der Waals surface area contributed by atoms with Gasteiger partial charge in [0.05, 0.1) is 12.2 Å². The quantitative estimate of drug-likeness (QED) is 0.795. The van der Waals surface area contributed by atoms with Crippen LogP contribution in [0.2, 0.25) is 0 Å². The average molecular weight is 269 g/mol. The molecule has 0 bridgehead atoms. The fourth-order valence-electron chi connectivity index (χ4n) is 2.20.